The molecular weight excluding hydrogens is 229 g/mol. The maximum atomic E-state index is 5.93. The van der Waals surface area contributed by atoms with Crippen LogP contribution in [-0.4, -0.2) is 6.54 Å². The first kappa shape index (κ1) is 12.6. The molecule has 0 unspecified atom stereocenters. The molecule has 0 fully saturated rings. The summed E-state index contributed by atoms with van der Waals surface area (Å²) < 4.78 is 0. The van der Waals surface area contributed by atoms with Gasteiger partial charge in [-0.3, -0.25) is 0 Å². The van der Waals surface area contributed by atoms with Crippen LogP contribution in [-0.2, 0) is 6.42 Å². The van der Waals surface area contributed by atoms with E-state index in [4.69, 9.17) is 28.9 Å². The number of rotatable bonds is 4. The molecule has 1 aromatic carbocycles. The minimum atomic E-state index is 0.601. The highest BCUT2D eigenvalue weighted by Crippen LogP contribution is 2.23. The first-order valence-electron chi connectivity index (χ1n) is 4.93. The molecule has 0 heterocycles. The highest BCUT2D eigenvalue weighted by molar-refractivity contribution is 6.42. The van der Waals surface area contributed by atoms with Crippen molar-refractivity contribution in [2.24, 2.45) is 5.73 Å². The Labute approximate surface area is 101 Å². The average Bonchev–Trinajstić information content (AvgIpc) is 2.20. The SMILES string of the molecule is CC(=CCCN)Cc1ccc(Cl)c(Cl)c1. The van der Waals surface area contributed by atoms with Crippen molar-refractivity contribution < 1.29 is 0 Å². The zero-order valence-electron chi connectivity index (χ0n) is 8.76. The summed E-state index contributed by atoms with van der Waals surface area (Å²) in [5.41, 5.74) is 7.91. The average molecular weight is 244 g/mol. The highest BCUT2D eigenvalue weighted by Gasteiger charge is 2.00. The van der Waals surface area contributed by atoms with Crippen LogP contribution in [0.4, 0.5) is 0 Å². The van der Waals surface area contributed by atoms with E-state index in [1.165, 1.54) is 11.1 Å². The van der Waals surface area contributed by atoms with Crippen molar-refractivity contribution >= 4 is 23.2 Å². The predicted molar refractivity (Wildman–Crippen MR) is 67.6 cm³/mol. The summed E-state index contributed by atoms with van der Waals surface area (Å²) in [5.74, 6) is 0. The van der Waals surface area contributed by atoms with Gasteiger partial charge in [0, 0.05) is 0 Å². The number of nitrogens with two attached hydrogens (primary N) is 1. The minimum absolute atomic E-state index is 0.601. The molecule has 0 aliphatic heterocycles. The maximum absolute atomic E-state index is 5.93. The van der Waals surface area contributed by atoms with Crippen molar-refractivity contribution in [1.29, 1.82) is 0 Å². The predicted octanol–water partition coefficient (Wildman–Crippen LogP) is 3.83. The minimum Gasteiger partial charge on any atom is -0.330 e. The normalized spacial score (nSPS) is 11.9. The fraction of sp³-hybridized carbons (Fsp3) is 0.333. The molecule has 0 aliphatic rings. The van der Waals surface area contributed by atoms with Crippen LogP contribution in [0.3, 0.4) is 0 Å². The first-order valence-corrected chi connectivity index (χ1v) is 5.68. The van der Waals surface area contributed by atoms with Crippen LogP contribution in [0.25, 0.3) is 0 Å². The zero-order valence-corrected chi connectivity index (χ0v) is 10.3. The second kappa shape index (κ2) is 6.16. The van der Waals surface area contributed by atoms with E-state index < -0.39 is 0 Å². The number of allylic oxidation sites excluding steroid dienone is 1. The molecule has 1 aromatic rings. The van der Waals surface area contributed by atoms with Gasteiger partial charge in [0.05, 0.1) is 10.0 Å². The Morgan fingerprint density at radius 1 is 1.33 bits per heavy atom. The van der Waals surface area contributed by atoms with E-state index in [2.05, 4.69) is 13.0 Å². The lowest BCUT2D eigenvalue weighted by atomic mass is 10.1. The number of benzene rings is 1. The summed E-state index contributed by atoms with van der Waals surface area (Å²) in [5, 5.41) is 1.21. The van der Waals surface area contributed by atoms with Gasteiger partial charge in [0.2, 0.25) is 0 Å². The maximum Gasteiger partial charge on any atom is 0.0595 e. The fourth-order valence-electron chi connectivity index (χ4n) is 1.37. The lowest BCUT2D eigenvalue weighted by Crippen LogP contribution is -1.96. The van der Waals surface area contributed by atoms with E-state index in [1.54, 1.807) is 0 Å². The Morgan fingerprint density at radius 2 is 2.07 bits per heavy atom. The van der Waals surface area contributed by atoms with Crippen LogP contribution in [0.15, 0.2) is 29.8 Å². The summed E-state index contributed by atoms with van der Waals surface area (Å²) in [4.78, 5) is 0. The van der Waals surface area contributed by atoms with Crippen LogP contribution in [0, 0.1) is 0 Å². The largest absolute Gasteiger partial charge is 0.330 e. The summed E-state index contributed by atoms with van der Waals surface area (Å²) in [7, 11) is 0. The van der Waals surface area contributed by atoms with Gasteiger partial charge >= 0.3 is 0 Å². The Balaban J connectivity index is 2.68. The van der Waals surface area contributed by atoms with Crippen molar-refractivity contribution in [3.8, 4) is 0 Å². The molecule has 15 heavy (non-hydrogen) atoms. The van der Waals surface area contributed by atoms with Crippen molar-refractivity contribution in [1.82, 2.24) is 0 Å². The van der Waals surface area contributed by atoms with Crippen molar-refractivity contribution in [2.75, 3.05) is 6.54 Å². The molecule has 0 aromatic heterocycles. The third kappa shape index (κ3) is 4.25. The third-order valence-corrected chi connectivity index (χ3v) is 2.87. The highest BCUT2D eigenvalue weighted by atomic mass is 35.5. The summed E-state index contributed by atoms with van der Waals surface area (Å²) in [6.45, 7) is 2.79. The van der Waals surface area contributed by atoms with Crippen molar-refractivity contribution in [3.63, 3.8) is 0 Å². The lowest BCUT2D eigenvalue weighted by molar-refractivity contribution is 0.981. The molecule has 0 amide bonds. The molecule has 2 N–H and O–H groups in total. The van der Waals surface area contributed by atoms with Gasteiger partial charge < -0.3 is 5.73 Å². The van der Waals surface area contributed by atoms with E-state index in [9.17, 15) is 0 Å². The Bertz CT molecular complexity index is 359. The fourth-order valence-corrected chi connectivity index (χ4v) is 1.69. The molecular formula is C12H15Cl2N. The Hall–Kier alpha value is -0.500. The van der Waals surface area contributed by atoms with Crippen molar-refractivity contribution in [2.45, 2.75) is 19.8 Å². The Morgan fingerprint density at radius 3 is 2.67 bits per heavy atom. The standard InChI is InChI=1S/C12H15Cl2N/c1-9(3-2-6-15)7-10-4-5-11(13)12(14)8-10/h3-5,8H,2,6-7,15H2,1H3. The molecule has 0 saturated carbocycles. The van der Waals surface area contributed by atoms with Gasteiger partial charge in [-0.15, -0.1) is 0 Å². The van der Waals surface area contributed by atoms with Gasteiger partial charge in [-0.25, -0.2) is 0 Å². The van der Waals surface area contributed by atoms with Crippen LogP contribution < -0.4 is 5.73 Å². The molecule has 0 aliphatic carbocycles. The molecule has 3 heteroatoms. The molecule has 0 spiro atoms. The topological polar surface area (TPSA) is 26.0 Å². The molecule has 0 saturated heterocycles. The van der Waals surface area contributed by atoms with E-state index in [0.717, 1.165) is 12.8 Å². The van der Waals surface area contributed by atoms with Gasteiger partial charge in [-0.2, -0.15) is 0 Å². The van der Waals surface area contributed by atoms with E-state index in [1.807, 2.05) is 18.2 Å². The number of hydrogen-bond donors (Lipinski definition) is 1. The molecule has 82 valence electrons. The van der Waals surface area contributed by atoms with Crippen LogP contribution in [0.1, 0.15) is 18.9 Å². The van der Waals surface area contributed by atoms with E-state index >= 15 is 0 Å². The summed E-state index contributed by atoms with van der Waals surface area (Å²) in [6.07, 6.45) is 3.98. The quantitative estimate of drug-likeness (QED) is 0.800. The van der Waals surface area contributed by atoms with Gasteiger partial charge in [0.15, 0.2) is 0 Å². The molecule has 1 nitrogen and oxygen atoms in total. The second-order valence-electron chi connectivity index (χ2n) is 3.55. The van der Waals surface area contributed by atoms with Gasteiger partial charge in [-0.05, 0) is 44.0 Å². The molecule has 0 radical (unpaired) electrons. The van der Waals surface area contributed by atoms with E-state index in [-0.39, 0.29) is 0 Å². The van der Waals surface area contributed by atoms with Crippen molar-refractivity contribution in [3.05, 3.63) is 45.5 Å². The first-order chi connectivity index (χ1) is 7.13. The van der Waals surface area contributed by atoms with Crippen LogP contribution in [0.2, 0.25) is 10.0 Å². The summed E-state index contributed by atoms with van der Waals surface area (Å²) >= 11 is 11.8. The Kier molecular flexibility index (Phi) is 5.16. The zero-order chi connectivity index (χ0) is 11.3. The second-order valence-corrected chi connectivity index (χ2v) is 4.37. The molecule has 0 atom stereocenters. The lowest BCUT2D eigenvalue weighted by Gasteiger charge is -2.03. The molecule has 0 bridgehead atoms. The van der Waals surface area contributed by atoms with Crippen LogP contribution >= 0.6 is 23.2 Å². The number of hydrogen-bond acceptors (Lipinski definition) is 1. The van der Waals surface area contributed by atoms with Gasteiger partial charge in [0.25, 0.3) is 0 Å². The van der Waals surface area contributed by atoms with Gasteiger partial charge in [-0.1, -0.05) is 40.9 Å². The smallest absolute Gasteiger partial charge is 0.0595 e. The molecule has 1 rings (SSSR count). The van der Waals surface area contributed by atoms with Gasteiger partial charge in [0.1, 0.15) is 0 Å². The van der Waals surface area contributed by atoms with Crippen LogP contribution in [0.5, 0.6) is 0 Å². The van der Waals surface area contributed by atoms with E-state index in [0.29, 0.717) is 16.6 Å². The number of halogens is 2. The third-order valence-electron chi connectivity index (χ3n) is 2.13. The monoisotopic (exact) mass is 243 g/mol. The summed E-state index contributed by atoms with van der Waals surface area (Å²) in [6, 6.07) is 5.73.